The van der Waals surface area contributed by atoms with Crippen molar-refractivity contribution in [3.05, 3.63) is 88.5 Å². The van der Waals surface area contributed by atoms with E-state index >= 15 is 0 Å². The van der Waals surface area contributed by atoms with E-state index in [2.05, 4.69) is 5.32 Å². The zero-order valence-corrected chi connectivity index (χ0v) is 19.3. The van der Waals surface area contributed by atoms with E-state index in [0.717, 1.165) is 16.7 Å². The van der Waals surface area contributed by atoms with E-state index in [9.17, 15) is 23.6 Å². The number of barbiturate groups is 1. The number of nitrogens with one attached hydrogen (secondary N) is 1. The molecule has 2 heterocycles. The highest BCUT2D eigenvalue weighted by atomic mass is 19.1. The molecule has 0 atom stereocenters. The third-order valence-electron chi connectivity index (χ3n) is 5.55. The van der Waals surface area contributed by atoms with Gasteiger partial charge in [-0.1, -0.05) is 12.1 Å². The van der Waals surface area contributed by atoms with Crippen LogP contribution in [0.25, 0.3) is 11.8 Å². The average molecular weight is 475 g/mol. The number of carbonyl (C=O) groups is 4. The lowest BCUT2D eigenvalue weighted by atomic mass is 10.1. The quantitative estimate of drug-likeness (QED) is 0.341. The van der Waals surface area contributed by atoms with E-state index in [1.54, 1.807) is 38.1 Å². The van der Waals surface area contributed by atoms with E-state index in [1.165, 1.54) is 24.3 Å². The van der Waals surface area contributed by atoms with Crippen molar-refractivity contribution in [3.8, 4) is 5.69 Å². The summed E-state index contributed by atoms with van der Waals surface area (Å²) in [7, 11) is 0. The molecule has 0 bridgehead atoms. The number of urea groups is 1. The first kappa shape index (κ1) is 23.6. The molecule has 8 nitrogen and oxygen atoms in total. The second-order valence-electron chi connectivity index (χ2n) is 7.87. The number of hydrogen-bond donors (Lipinski definition) is 1. The fraction of sp³-hybridized carbons (Fsp3) is 0.154. The number of anilines is 1. The molecular formula is C26H22FN3O5. The van der Waals surface area contributed by atoms with Gasteiger partial charge >= 0.3 is 12.0 Å². The van der Waals surface area contributed by atoms with Crippen molar-refractivity contribution in [1.82, 2.24) is 9.88 Å². The predicted molar refractivity (Wildman–Crippen MR) is 127 cm³/mol. The summed E-state index contributed by atoms with van der Waals surface area (Å²) >= 11 is 0. The Kier molecular flexibility index (Phi) is 6.33. The van der Waals surface area contributed by atoms with Gasteiger partial charge < -0.3 is 9.30 Å². The van der Waals surface area contributed by atoms with E-state index in [0.29, 0.717) is 22.5 Å². The molecule has 2 aromatic carbocycles. The summed E-state index contributed by atoms with van der Waals surface area (Å²) in [5.41, 5.74) is 2.88. The molecule has 3 aromatic rings. The second kappa shape index (κ2) is 9.38. The number of imide groups is 2. The SMILES string of the molecule is CCOC(=O)c1cccc(-n2c(C)cc(/C=C3/C(=O)NC(=O)N(c4cccc(F)c4)C3=O)c2C)c1. The van der Waals surface area contributed by atoms with Crippen LogP contribution in [0.1, 0.15) is 34.2 Å². The highest BCUT2D eigenvalue weighted by Gasteiger charge is 2.37. The number of benzene rings is 2. The van der Waals surface area contributed by atoms with Gasteiger partial charge in [-0.2, -0.15) is 0 Å². The van der Waals surface area contributed by atoms with Crippen molar-refractivity contribution in [2.75, 3.05) is 11.5 Å². The van der Waals surface area contributed by atoms with Crippen LogP contribution in [0, 0.1) is 19.7 Å². The number of hydrogen-bond acceptors (Lipinski definition) is 5. The highest BCUT2D eigenvalue weighted by Crippen LogP contribution is 2.26. The standard InChI is InChI=1S/C26H22FN3O5/c1-4-35-25(33)17-7-5-9-20(12-17)29-15(2)11-18(16(29)3)13-22-23(31)28-26(34)30(24(22)32)21-10-6-8-19(27)14-21/h5-14H,4H2,1-3H3,(H,28,31,34)/b22-13-. The van der Waals surface area contributed by atoms with E-state index in [1.807, 2.05) is 17.6 Å². The van der Waals surface area contributed by atoms with Crippen LogP contribution in [0.2, 0.25) is 0 Å². The van der Waals surface area contributed by atoms with Crippen LogP contribution >= 0.6 is 0 Å². The zero-order chi connectivity index (χ0) is 25.3. The first-order valence-electron chi connectivity index (χ1n) is 10.8. The molecule has 0 radical (unpaired) electrons. The molecule has 4 rings (SSSR count). The molecule has 9 heteroatoms. The largest absolute Gasteiger partial charge is 0.462 e. The minimum absolute atomic E-state index is 0.00662. The fourth-order valence-corrected chi connectivity index (χ4v) is 3.98. The number of carbonyl (C=O) groups excluding carboxylic acids is 4. The van der Waals surface area contributed by atoms with Crippen LogP contribution in [-0.2, 0) is 14.3 Å². The number of rotatable bonds is 5. The molecule has 178 valence electrons. The Labute approximate surface area is 200 Å². The van der Waals surface area contributed by atoms with Gasteiger partial charge in [0.25, 0.3) is 11.8 Å². The molecule has 4 amide bonds. The smallest absolute Gasteiger partial charge is 0.338 e. The molecule has 1 aromatic heterocycles. The van der Waals surface area contributed by atoms with Crippen molar-refractivity contribution in [1.29, 1.82) is 0 Å². The summed E-state index contributed by atoms with van der Waals surface area (Å²) in [5, 5.41) is 2.13. The molecule has 1 fully saturated rings. The third kappa shape index (κ3) is 4.48. The van der Waals surface area contributed by atoms with E-state index in [-0.39, 0.29) is 17.9 Å². The molecular weight excluding hydrogens is 453 g/mol. The number of aryl methyl sites for hydroxylation is 1. The lowest BCUT2D eigenvalue weighted by molar-refractivity contribution is -0.122. The first-order valence-corrected chi connectivity index (χ1v) is 10.8. The number of esters is 1. The Hall–Kier alpha value is -4.53. The van der Waals surface area contributed by atoms with Crippen molar-refractivity contribution in [2.24, 2.45) is 0 Å². The highest BCUT2D eigenvalue weighted by molar-refractivity contribution is 6.39. The van der Waals surface area contributed by atoms with Crippen LogP contribution in [0.15, 0.2) is 60.2 Å². The molecule has 0 spiro atoms. The summed E-state index contributed by atoms with van der Waals surface area (Å²) in [4.78, 5) is 50.9. The van der Waals surface area contributed by atoms with Gasteiger partial charge in [0, 0.05) is 17.1 Å². The maximum absolute atomic E-state index is 13.7. The summed E-state index contributed by atoms with van der Waals surface area (Å²) in [5.74, 6) is -2.77. The van der Waals surface area contributed by atoms with Crippen LogP contribution in [0.4, 0.5) is 14.9 Å². The summed E-state index contributed by atoms with van der Waals surface area (Å²) < 4.78 is 20.6. The van der Waals surface area contributed by atoms with E-state index in [4.69, 9.17) is 4.74 Å². The number of nitrogens with zero attached hydrogens (tertiary/aromatic N) is 2. The molecule has 1 aliphatic rings. The van der Waals surface area contributed by atoms with Crippen molar-refractivity contribution in [3.63, 3.8) is 0 Å². The maximum atomic E-state index is 13.7. The minimum Gasteiger partial charge on any atom is -0.462 e. The Morgan fingerprint density at radius 2 is 1.74 bits per heavy atom. The van der Waals surface area contributed by atoms with Gasteiger partial charge in [-0.05, 0) is 74.9 Å². The Balaban J connectivity index is 1.74. The second-order valence-corrected chi connectivity index (χ2v) is 7.87. The fourth-order valence-electron chi connectivity index (χ4n) is 3.98. The van der Waals surface area contributed by atoms with Gasteiger partial charge in [-0.25, -0.2) is 18.9 Å². The summed E-state index contributed by atoms with van der Waals surface area (Å²) in [6.45, 7) is 5.63. The lowest BCUT2D eigenvalue weighted by Gasteiger charge is -2.26. The average Bonchev–Trinajstić information content (AvgIpc) is 3.09. The van der Waals surface area contributed by atoms with Gasteiger partial charge in [0.05, 0.1) is 17.9 Å². The topological polar surface area (TPSA) is 97.7 Å². The summed E-state index contributed by atoms with van der Waals surface area (Å²) in [6.07, 6.45) is 1.39. The molecule has 1 aliphatic heterocycles. The molecule has 1 N–H and O–H groups in total. The first-order chi connectivity index (χ1) is 16.7. The Morgan fingerprint density at radius 1 is 1.03 bits per heavy atom. The van der Waals surface area contributed by atoms with Gasteiger partial charge in [0.15, 0.2) is 0 Å². The van der Waals surface area contributed by atoms with Crippen molar-refractivity contribution >= 4 is 35.6 Å². The monoisotopic (exact) mass is 475 g/mol. The van der Waals surface area contributed by atoms with Gasteiger partial charge in [0.2, 0.25) is 0 Å². The molecule has 35 heavy (non-hydrogen) atoms. The van der Waals surface area contributed by atoms with E-state index < -0.39 is 29.6 Å². The Morgan fingerprint density at radius 3 is 2.46 bits per heavy atom. The van der Waals surface area contributed by atoms with Crippen LogP contribution < -0.4 is 10.2 Å². The van der Waals surface area contributed by atoms with Crippen LogP contribution in [0.5, 0.6) is 0 Å². The summed E-state index contributed by atoms with van der Waals surface area (Å²) in [6, 6.07) is 12.7. The van der Waals surface area contributed by atoms with Gasteiger partial charge in [-0.3, -0.25) is 14.9 Å². The Bertz CT molecular complexity index is 1410. The number of amides is 4. The van der Waals surface area contributed by atoms with Crippen molar-refractivity contribution in [2.45, 2.75) is 20.8 Å². The van der Waals surface area contributed by atoms with Crippen LogP contribution in [0.3, 0.4) is 0 Å². The van der Waals surface area contributed by atoms with Crippen molar-refractivity contribution < 1.29 is 28.3 Å². The molecule has 0 saturated carbocycles. The van der Waals surface area contributed by atoms with Crippen LogP contribution in [-0.4, -0.2) is 35.0 Å². The number of ether oxygens (including phenoxy) is 1. The maximum Gasteiger partial charge on any atom is 0.338 e. The van der Waals surface area contributed by atoms with Gasteiger partial charge in [-0.15, -0.1) is 0 Å². The molecule has 1 saturated heterocycles. The molecule has 0 aliphatic carbocycles. The zero-order valence-electron chi connectivity index (χ0n) is 19.3. The van der Waals surface area contributed by atoms with Gasteiger partial charge in [0.1, 0.15) is 11.4 Å². The number of halogens is 1. The molecule has 0 unspecified atom stereocenters. The normalized spacial score (nSPS) is 14.9. The minimum atomic E-state index is -0.955. The predicted octanol–water partition coefficient (Wildman–Crippen LogP) is 4.08. The lowest BCUT2D eigenvalue weighted by Crippen LogP contribution is -2.54. The number of aromatic nitrogens is 1. The third-order valence-corrected chi connectivity index (χ3v) is 5.55.